The average molecular weight is 463 g/mol. The van der Waals surface area contributed by atoms with Gasteiger partial charge in [0.1, 0.15) is 5.82 Å². The second-order valence-electron chi connectivity index (χ2n) is 7.40. The van der Waals surface area contributed by atoms with E-state index in [0.717, 1.165) is 27.6 Å². The predicted octanol–water partition coefficient (Wildman–Crippen LogP) is 5.11. The maximum Gasteiger partial charge on any atom is 0.239 e. The Morgan fingerprint density at radius 3 is 2.22 bits per heavy atom. The van der Waals surface area contributed by atoms with Gasteiger partial charge in [0.05, 0.1) is 6.54 Å². The number of halogens is 1. The van der Waals surface area contributed by atoms with Gasteiger partial charge in [0.2, 0.25) is 11.0 Å². The highest BCUT2D eigenvalue weighted by Crippen LogP contribution is 2.21. The highest BCUT2D eigenvalue weighted by Gasteiger charge is 2.17. The molecule has 0 atom stereocenters. The van der Waals surface area contributed by atoms with Crippen molar-refractivity contribution in [2.75, 3.05) is 11.4 Å². The Hall–Kier alpha value is -3.22. The van der Waals surface area contributed by atoms with Crippen LogP contribution in [0.4, 0.5) is 5.13 Å². The van der Waals surface area contributed by atoms with Crippen molar-refractivity contribution in [3.63, 3.8) is 0 Å². The molecule has 7 heteroatoms. The predicted molar refractivity (Wildman–Crippen MR) is 130 cm³/mol. The topological polar surface area (TPSA) is 58.1 Å². The van der Waals surface area contributed by atoms with Crippen LogP contribution >= 0.6 is 23.1 Å². The Labute approximate surface area is 196 Å². The summed E-state index contributed by atoms with van der Waals surface area (Å²) in [5.41, 5.74) is 3.27. The molecule has 0 aliphatic rings. The molecule has 0 unspecified atom stereocenters. The lowest BCUT2D eigenvalue weighted by atomic mass is 10.1. The molecule has 0 saturated carbocycles. The molecule has 1 heterocycles. The maximum atomic E-state index is 12.7. The maximum absolute atomic E-state index is 12.7. The van der Waals surface area contributed by atoms with Gasteiger partial charge in [-0.1, -0.05) is 84.4 Å². The summed E-state index contributed by atoms with van der Waals surface area (Å²) in [7, 11) is 0. The molecule has 0 aliphatic carbocycles. The van der Waals surface area contributed by atoms with E-state index in [2.05, 4.69) is 9.69 Å². The minimum atomic E-state index is -0.0563. The molecule has 0 fully saturated rings. The van der Waals surface area contributed by atoms with E-state index in [9.17, 15) is 4.79 Å². The average Bonchev–Trinajstić information content (AvgIpc) is 3.29. The van der Waals surface area contributed by atoms with Crippen molar-refractivity contribution in [1.82, 2.24) is 14.7 Å². The number of hydrogen-bond donors (Lipinski definition) is 1. The molecule has 0 aliphatic heterocycles. The third kappa shape index (κ3) is 6.39. The smallest absolute Gasteiger partial charge is 0.239 e. The molecular formula is C25H23ClN4OS. The van der Waals surface area contributed by atoms with Gasteiger partial charge in [-0.2, -0.15) is 4.37 Å². The second kappa shape index (κ2) is 10.9. The third-order valence-electron chi connectivity index (χ3n) is 4.89. The molecule has 162 valence electrons. The molecule has 5 nitrogen and oxygen atoms in total. The number of carbonyl (C=O) groups excluding carboxylic acids is 1. The van der Waals surface area contributed by atoms with Crippen LogP contribution in [0.1, 0.15) is 22.5 Å². The normalized spacial score (nSPS) is 10.7. The summed E-state index contributed by atoms with van der Waals surface area (Å²) in [6.45, 7) is 1.28. The largest absolute Gasteiger partial charge is 0.350 e. The SMILES string of the molecule is O=C(CN(Cc1ccccc1)c1nc(Cc2ccc(Cl)cc2)ns1)NCc1ccccc1. The number of hydrogen-bond acceptors (Lipinski definition) is 5. The molecule has 32 heavy (non-hydrogen) atoms. The lowest BCUT2D eigenvalue weighted by Crippen LogP contribution is -2.36. The van der Waals surface area contributed by atoms with E-state index in [1.54, 1.807) is 0 Å². The third-order valence-corrected chi connectivity index (χ3v) is 5.95. The molecule has 1 aromatic heterocycles. The quantitative estimate of drug-likeness (QED) is 0.375. The molecule has 0 radical (unpaired) electrons. The number of benzene rings is 3. The summed E-state index contributed by atoms with van der Waals surface area (Å²) >= 11 is 7.29. The fourth-order valence-corrected chi connectivity index (χ4v) is 4.06. The Morgan fingerprint density at radius 1 is 0.875 bits per heavy atom. The van der Waals surface area contributed by atoms with Crippen LogP contribution in [0.3, 0.4) is 0 Å². The summed E-state index contributed by atoms with van der Waals surface area (Å²) in [5.74, 6) is 0.675. The number of amides is 1. The van der Waals surface area contributed by atoms with Crippen LogP contribution in [0.25, 0.3) is 0 Å². The zero-order chi connectivity index (χ0) is 22.2. The van der Waals surface area contributed by atoms with E-state index in [1.807, 2.05) is 89.8 Å². The van der Waals surface area contributed by atoms with E-state index in [1.165, 1.54) is 11.5 Å². The molecule has 4 aromatic rings. The summed E-state index contributed by atoms with van der Waals surface area (Å²) in [6.07, 6.45) is 0.618. The van der Waals surface area contributed by atoms with Crippen LogP contribution in [0, 0.1) is 0 Å². The highest BCUT2D eigenvalue weighted by molar-refractivity contribution is 7.09. The van der Waals surface area contributed by atoms with Gasteiger partial charge < -0.3 is 10.2 Å². The van der Waals surface area contributed by atoms with Gasteiger partial charge in [0, 0.05) is 36.1 Å². The standard InChI is InChI=1S/C25H23ClN4OS/c26-22-13-11-19(12-14-22)15-23-28-25(32-29-23)30(17-21-9-5-2-6-10-21)18-24(31)27-16-20-7-3-1-4-8-20/h1-14H,15-18H2,(H,27,31). The van der Waals surface area contributed by atoms with Crippen LogP contribution in [0.15, 0.2) is 84.9 Å². The van der Waals surface area contributed by atoms with Gasteiger partial charge in [-0.15, -0.1) is 0 Å². The van der Waals surface area contributed by atoms with Crippen molar-refractivity contribution in [2.24, 2.45) is 0 Å². The van der Waals surface area contributed by atoms with Crippen molar-refractivity contribution in [3.8, 4) is 0 Å². The molecular weight excluding hydrogens is 440 g/mol. The highest BCUT2D eigenvalue weighted by atomic mass is 35.5. The Balaban J connectivity index is 1.45. The number of anilines is 1. The molecule has 1 N–H and O–H groups in total. The van der Waals surface area contributed by atoms with Gasteiger partial charge in [0.15, 0.2) is 0 Å². The summed E-state index contributed by atoms with van der Waals surface area (Å²) < 4.78 is 4.52. The Bertz CT molecular complexity index is 1130. The van der Waals surface area contributed by atoms with Gasteiger partial charge in [-0.25, -0.2) is 4.98 Å². The monoisotopic (exact) mass is 462 g/mol. The van der Waals surface area contributed by atoms with E-state index in [0.29, 0.717) is 24.5 Å². The van der Waals surface area contributed by atoms with E-state index < -0.39 is 0 Å². The van der Waals surface area contributed by atoms with Crippen molar-refractivity contribution in [3.05, 3.63) is 112 Å². The zero-order valence-corrected chi connectivity index (χ0v) is 19.0. The lowest BCUT2D eigenvalue weighted by molar-refractivity contribution is -0.119. The van der Waals surface area contributed by atoms with Gasteiger partial charge >= 0.3 is 0 Å². The number of rotatable bonds is 9. The first-order chi connectivity index (χ1) is 15.7. The lowest BCUT2D eigenvalue weighted by Gasteiger charge is -2.21. The number of carbonyl (C=O) groups is 1. The molecule has 0 spiro atoms. The van der Waals surface area contributed by atoms with Gasteiger partial charge in [-0.3, -0.25) is 4.79 Å². The van der Waals surface area contributed by atoms with Crippen LogP contribution < -0.4 is 10.2 Å². The molecule has 0 saturated heterocycles. The zero-order valence-electron chi connectivity index (χ0n) is 17.4. The van der Waals surface area contributed by atoms with Crippen LogP contribution in [0.2, 0.25) is 5.02 Å². The van der Waals surface area contributed by atoms with Crippen molar-refractivity contribution < 1.29 is 4.79 Å². The van der Waals surface area contributed by atoms with Gasteiger partial charge in [0.25, 0.3) is 0 Å². The molecule has 4 rings (SSSR count). The van der Waals surface area contributed by atoms with E-state index in [4.69, 9.17) is 16.6 Å². The van der Waals surface area contributed by atoms with Crippen molar-refractivity contribution in [1.29, 1.82) is 0 Å². The fourth-order valence-electron chi connectivity index (χ4n) is 3.25. The summed E-state index contributed by atoms with van der Waals surface area (Å²) in [4.78, 5) is 19.4. The summed E-state index contributed by atoms with van der Waals surface area (Å²) in [6, 6.07) is 27.6. The fraction of sp³-hybridized carbons (Fsp3) is 0.160. The first-order valence-corrected chi connectivity index (χ1v) is 11.5. The van der Waals surface area contributed by atoms with Gasteiger partial charge in [-0.05, 0) is 28.8 Å². The first-order valence-electron chi connectivity index (χ1n) is 10.3. The van der Waals surface area contributed by atoms with Crippen LogP contribution in [-0.2, 0) is 24.3 Å². The molecule has 0 bridgehead atoms. The molecule has 3 aromatic carbocycles. The number of aromatic nitrogens is 2. The molecule has 1 amide bonds. The van der Waals surface area contributed by atoms with E-state index >= 15 is 0 Å². The minimum absolute atomic E-state index is 0.0563. The summed E-state index contributed by atoms with van der Waals surface area (Å²) in [5, 5.41) is 4.43. The van der Waals surface area contributed by atoms with Crippen LogP contribution in [-0.4, -0.2) is 21.8 Å². The first kappa shape index (κ1) is 22.0. The van der Waals surface area contributed by atoms with E-state index in [-0.39, 0.29) is 12.5 Å². The minimum Gasteiger partial charge on any atom is -0.350 e. The second-order valence-corrected chi connectivity index (χ2v) is 8.57. The van der Waals surface area contributed by atoms with Crippen LogP contribution in [0.5, 0.6) is 0 Å². The number of nitrogens with one attached hydrogen (secondary N) is 1. The van der Waals surface area contributed by atoms with Crippen molar-refractivity contribution >= 4 is 34.2 Å². The Kier molecular flexibility index (Phi) is 7.48. The van der Waals surface area contributed by atoms with Crippen molar-refractivity contribution in [2.45, 2.75) is 19.5 Å². The Morgan fingerprint density at radius 2 is 1.53 bits per heavy atom. The number of nitrogens with zero attached hydrogens (tertiary/aromatic N) is 3.